The molecule has 33 heavy (non-hydrogen) atoms. The van der Waals surface area contributed by atoms with Crippen molar-refractivity contribution in [2.45, 2.75) is 19.3 Å². The maximum atomic E-state index is 5.26. The van der Waals surface area contributed by atoms with Gasteiger partial charge >= 0.3 is 0 Å². The number of methoxy groups -OCH3 is 1. The minimum Gasteiger partial charge on any atom is -0.497 e. The highest BCUT2D eigenvalue weighted by molar-refractivity contribution is 7.14. The molecule has 0 fully saturated rings. The monoisotopic (exact) mass is 455 g/mol. The molecule has 0 atom stereocenters. The molecule has 0 saturated heterocycles. The smallest absolute Gasteiger partial charge is 0.185 e. The fourth-order valence-electron chi connectivity index (χ4n) is 4.51. The summed E-state index contributed by atoms with van der Waals surface area (Å²) in [6.45, 7) is 1.94. The molecule has 4 nitrogen and oxygen atoms in total. The number of hydrogen-bond donors (Lipinski definition) is 0. The van der Waals surface area contributed by atoms with Crippen LogP contribution in [0.3, 0.4) is 0 Å². The number of benzene rings is 3. The summed E-state index contributed by atoms with van der Waals surface area (Å²) in [5, 5.41) is 3.19. The van der Waals surface area contributed by atoms with E-state index in [4.69, 9.17) is 9.72 Å². The van der Waals surface area contributed by atoms with E-state index in [0.717, 1.165) is 54.5 Å². The van der Waals surface area contributed by atoms with E-state index in [1.807, 2.05) is 12.1 Å². The Labute approximate surface area is 200 Å². The summed E-state index contributed by atoms with van der Waals surface area (Å²) in [6.07, 6.45) is 3.24. The van der Waals surface area contributed by atoms with Gasteiger partial charge in [-0.25, -0.2) is 4.98 Å². The summed E-state index contributed by atoms with van der Waals surface area (Å²) in [6, 6.07) is 25.8. The first-order chi connectivity index (χ1) is 16.2. The Morgan fingerprint density at radius 3 is 2.18 bits per heavy atom. The number of aryl methyl sites for hydroxylation is 2. The summed E-state index contributed by atoms with van der Waals surface area (Å²) in [5.41, 5.74) is 7.70. The number of hydrogen-bond acceptors (Lipinski definition) is 5. The number of aromatic nitrogens is 1. The van der Waals surface area contributed by atoms with Crippen LogP contribution in [0.2, 0.25) is 0 Å². The highest BCUT2D eigenvalue weighted by atomic mass is 32.1. The standard InChI is InChI=1S/C28H29N3OS/c1-30(28-29-25(20-33-28)21-14-16-24(32-2)17-15-21)18-7-19-31-26-10-5-3-8-22(26)12-13-23-9-4-6-11-27(23)31/h3-6,8-11,14-17,20H,7,12-13,18-19H2,1-2H3. The van der Waals surface area contributed by atoms with E-state index in [-0.39, 0.29) is 0 Å². The predicted molar refractivity (Wildman–Crippen MR) is 139 cm³/mol. The summed E-state index contributed by atoms with van der Waals surface area (Å²) >= 11 is 1.70. The second kappa shape index (κ2) is 9.67. The molecule has 1 aromatic heterocycles. The zero-order valence-corrected chi connectivity index (χ0v) is 20.0. The number of anilines is 3. The quantitative estimate of drug-likeness (QED) is 0.315. The van der Waals surface area contributed by atoms with Crippen molar-refractivity contribution in [3.8, 4) is 17.0 Å². The molecule has 4 aromatic rings. The molecule has 0 spiro atoms. The molecule has 0 bridgehead atoms. The molecule has 0 unspecified atom stereocenters. The number of fused-ring (bicyclic) bond motifs is 2. The van der Waals surface area contributed by atoms with Crippen LogP contribution >= 0.6 is 11.3 Å². The minimum absolute atomic E-state index is 0.864. The SMILES string of the molecule is COc1ccc(-c2csc(N(C)CCCN3c4ccccc4CCc4ccccc43)n2)cc1. The van der Waals surface area contributed by atoms with Gasteiger partial charge in [0.25, 0.3) is 0 Å². The van der Waals surface area contributed by atoms with Crippen LogP contribution in [-0.4, -0.2) is 32.2 Å². The molecule has 1 aliphatic heterocycles. The van der Waals surface area contributed by atoms with E-state index >= 15 is 0 Å². The van der Waals surface area contributed by atoms with Gasteiger partial charge < -0.3 is 14.5 Å². The molecule has 0 aliphatic carbocycles. The second-order valence-electron chi connectivity index (χ2n) is 8.43. The Bertz CT molecular complexity index is 1170. The third-order valence-electron chi connectivity index (χ3n) is 6.31. The minimum atomic E-state index is 0.864. The van der Waals surface area contributed by atoms with Gasteiger partial charge in [0.05, 0.1) is 12.8 Å². The van der Waals surface area contributed by atoms with Crippen molar-refractivity contribution < 1.29 is 4.74 Å². The van der Waals surface area contributed by atoms with Crippen molar-refractivity contribution in [2.75, 3.05) is 37.0 Å². The molecular weight excluding hydrogens is 426 g/mol. The Morgan fingerprint density at radius 2 is 1.55 bits per heavy atom. The Hall–Kier alpha value is -3.31. The van der Waals surface area contributed by atoms with Gasteiger partial charge in [-0.3, -0.25) is 0 Å². The van der Waals surface area contributed by atoms with Crippen molar-refractivity contribution >= 4 is 27.8 Å². The molecule has 0 radical (unpaired) electrons. The molecule has 5 heteroatoms. The lowest BCUT2D eigenvalue weighted by Crippen LogP contribution is -2.25. The molecule has 2 heterocycles. The molecular formula is C28H29N3OS. The number of nitrogens with zero attached hydrogens (tertiary/aromatic N) is 3. The molecule has 0 N–H and O–H groups in total. The van der Waals surface area contributed by atoms with Gasteiger partial charge in [0, 0.05) is 42.5 Å². The first-order valence-electron chi connectivity index (χ1n) is 11.5. The lowest BCUT2D eigenvalue weighted by molar-refractivity contribution is 0.415. The zero-order valence-electron chi connectivity index (χ0n) is 19.2. The van der Waals surface area contributed by atoms with E-state index in [2.05, 4.69) is 82.9 Å². The third-order valence-corrected chi connectivity index (χ3v) is 7.26. The molecule has 5 rings (SSSR count). The number of para-hydroxylation sites is 2. The Morgan fingerprint density at radius 1 is 0.909 bits per heavy atom. The second-order valence-corrected chi connectivity index (χ2v) is 9.26. The van der Waals surface area contributed by atoms with Crippen molar-refractivity contribution in [3.63, 3.8) is 0 Å². The van der Waals surface area contributed by atoms with Crippen LogP contribution in [-0.2, 0) is 12.8 Å². The van der Waals surface area contributed by atoms with E-state index in [1.54, 1.807) is 18.4 Å². The molecule has 0 saturated carbocycles. The lowest BCUT2D eigenvalue weighted by atomic mass is 10.0. The van der Waals surface area contributed by atoms with Gasteiger partial charge in [0.2, 0.25) is 0 Å². The van der Waals surface area contributed by atoms with Crippen LogP contribution < -0.4 is 14.5 Å². The van der Waals surface area contributed by atoms with Crippen molar-refractivity contribution in [1.29, 1.82) is 0 Å². The van der Waals surface area contributed by atoms with Crippen molar-refractivity contribution in [1.82, 2.24) is 4.98 Å². The fraction of sp³-hybridized carbons (Fsp3) is 0.250. The largest absolute Gasteiger partial charge is 0.497 e. The van der Waals surface area contributed by atoms with E-state index in [9.17, 15) is 0 Å². The van der Waals surface area contributed by atoms with E-state index in [1.165, 1.54) is 22.5 Å². The Balaban J connectivity index is 1.28. The van der Waals surface area contributed by atoms with Crippen molar-refractivity contribution in [2.24, 2.45) is 0 Å². The molecule has 3 aromatic carbocycles. The van der Waals surface area contributed by atoms with Gasteiger partial charge in [-0.2, -0.15) is 0 Å². The number of ether oxygens (including phenoxy) is 1. The Kier molecular flexibility index (Phi) is 6.31. The van der Waals surface area contributed by atoms with Gasteiger partial charge in [-0.15, -0.1) is 11.3 Å². The van der Waals surface area contributed by atoms with Crippen LogP contribution in [0.25, 0.3) is 11.3 Å². The average molecular weight is 456 g/mol. The first-order valence-corrected chi connectivity index (χ1v) is 12.4. The topological polar surface area (TPSA) is 28.6 Å². The van der Waals surface area contributed by atoms with Crippen LogP contribution in [0.5, 0.6) is 5.75 Å². The van der Waals surface area contributed by atoms with E-state index in [0.29, 0.717) is 0 Å². The van der Waals surface area contributed by atoms with Crippen LogP contribution in [0.4, 0.5) is 16.5 Å². The van der Waals surface area contributed by atoms with Crippen LogP contribution in [0, 0.1) is 0 Å². The first kappa shape index (κ1) is 21.5. The van der Waals surface area contributed by atoms with Crippen LogP contribution in [0.15, 0.2) is 78.2 Å². The third kappa shape index (κ3) is 4.60. The summed E-state index contributed by atoms with van der Waals surface area (Å²) in [5.74, 6) is 0.864. The molecule has 0 amide bonds. The molecule has 168 valence electrons. The highest BCUT2D eigenvalue weighted by Gasteiger charge is 2.20. The maximum absolute atomic E-state index is 5.26. The van der Waals surface area contributed by atoms with Gasteiger partial charge in [-0.1, -0.05) is 36.4 Å². The maximum Gasteiger partial charge on any atom is 0.185 e. The highest BCUT2D eigenvalue weighted by Crippen LogP contribution is 2.36. The average Bonchev–Trinajstić information content (AvgIpc) is 3.31. The fourth-order valence-corrected chi connectivity index (χ4v) is 5.33. The summed E-state index contributed by atoms with van der Waals surface area (Å²) < 4.78 is 5.26. The predicted octanol–water partition coefficient (Wildman–Crippen LogP) is 6.58. The van der Waals surface area contributed by atoms with Crippen molar-refractivity contribution in [3.05, 3.63) is 89.3 Å². The van der Waals surface area contributed by atoms with E-state index < -0.39 is 0 Å². The normalized spacial score (nSPS) is 12.6. The molecule has 1 aliphatic rings. The van der Waals surface area contributed by atoms with Gasteiger partial charge in [0.15, 0.2) is 5.13 Å². The summed E-state index contributed by atoms with van der Waals surface area (Å²) in [7, 11) is 3.83. The lowest BCUT2D eigenvalue weighted by Gasteiger charge is -2.28. The van der Waals surface area contributed by atoms with Crippen LogP contribution in [0.1, 0.15) is 17.5 Å². The van der Waals surface area contributed by atoms with Gasteiger partial charge in [0.1, 0.15) is 5.75 Å². The summed E-state index contributed by atoms with van der Waals surface area (Å²) in [4.78, 5) is 9.66. The number of rotatable bonds is 7. The number of thiazole rings is 1. The van der Waals surface area contributed by atoms with Gasteiger partial charge in [-0.05, 0) is 66.8 Å². The zero-order chi connectivity index (χ0) is 22.6.